The minimum absolute atomic E-state index is 0. The summed E-state index contributed by atoms with van der Waals surface area (Å²) in [5, 5.41) is 2.16. The smallest absolute Gasteiger partial charge is 0.135 e. The van der Waals surface area contributed by atoms with Crippen molar-refractivity contribution >= 4 is 44.6 Å². The third-order valence-corrected chi connectivity index (χ3v) is 19.4. The van der Waals surface area contributed by atoms with Crippen molar-refractivity contribution in [2.45, 2.75) is 110 Å². The maximum Gasteiger partial charge on any atom is 0.135 e. The first-order valence-electron chi connectivity index (χ1n) is 33.1. The van der Waals surface area contributed by atoms with E-state index in [1.165, 1.54) is 50.1 Å². The molecule has 13 aromatic rings. The normalized spacial score (nSPS) is 13.6. The Morgan fingerprint density at radius 3 is 1.43 bits per heavy atom. The second-order valence-corrected chi connectivity index (χ2v) is 29.7. The fraction of sp³-hybridized carbons (Fsp3) is 0.191. The molecule has 0 N–H and O–H groups in total. The van der Waals surface area contributed by atoms with Crippen LogP contribution < -0.4 is 14.5 Å². The number of anilines is 4. The van der Waals surface area contributed by atoms with Crippen LogP contribution in [0, 0.1) is 18.8 Å². The first kappa shape index (κ1) is 62.9. The molecule has 2 aromatic heterocycles. The van der Waals surface area contributed by atoms with Gasteiger partial charge in [-0.15, -0.1) is 53.6 Å². The number of rotatable bonds is 10. The van der Waals surface area contributed by atoms with Gasteiger partial charge in [-0.3, -0.25) is 0 Å². The molecule has 1 aliphatic heterocycles. The van der Waals surface area contributed by atoms with E-state index in [0.29, 0.717) is 11.5 Å². The standard InChI is InChI=1S/C89H79N4O.Pt/c1-85(2,3)61-45-46-90-82(54-61)93-81-56-68(43-44-73(81)74-38-28-37-70(84(74)93)58-29-16-13-17-30-58)94-69-51-66(89(65-48-62(86(4,5)6)47-63(49-65)87(7,8)9)77-39-24-22-35-71(77)72-36-23-25-40-78(72)89)50-67(55-69)91-57-92(80-42-27-26-41-79(80)91)83-75(59-31-18-14-19-32-59)52-64(88(10,11)12)53-76(83)60-33-20-15-21-34-60;/h13-54,57H,1-12H3;/q-3;. The van der Waals surface area contributed by atoms with Crippen molar-refractivity contribution in [1.29, 1.82) is 0 Å². The third kappa shape index (κ3) is 11.0. The summed E-state index contributed by atoms with van der Waals surface area (Å²) < 4.78 is 9.87. The van der Waals surface area contributed by atoms with Crippen LogP contribution in [0.25, 0.3) is 72.1 Å². The van der Waals surface area contributed by atoms with Crippen molar-refractivity contribution in [3.63, 3.8) is 0 Å². The number of hydrogen-bond donors (Lipinski definition) is 0. The van der Waals surface area contributed by atoms with E-state index >= 15 is 0 Å². The van der Waals surface area contributed by atoms with E-state index in [1.807, 2.05) is 6.20 Å². The molecule has 1 aliphatic carbocycles. The average Bonchev–Trinajstić information content (AvgIpc) is 1.60. The van der Waals surface area contributed by atoms with Crippen molar-refractivity contribution in [3.8, 4) is 61.8 Å². The van der Waals surface area contributed by atoms with E-state index in [1.54, 1.807) is 0 Å². The molecule has 0 unspecified atom stereocenters. The number of hydrogen-bond acceptors (Lipinski definition) is 4. The monoisotopic (exact) mass is 1410 g/mol. The molecule has 0 fully saturated rings. The van der Waals surface area contributed by atoms with Gasteiger partial charge < -0.3 is 19.1 Å². The van der Waals surface area contributed by atoms with Crippen LogP contribution in [0.3, 0.4) is 0 Å². The van der Waals surface area contributed by atoms with Crippen LogP contribution in [0.2, 0.25) is 0 Å². The van der Waals surface area contributed by atoms with Gasteiger partial charge in [0.2, 0.25) is 0 Å². The summed E-state index contributed by atoms with van der Waals surface area (Å²) in [6.45, 7) is 30.0. The van der Waals surface area contributed by atoms with Gasteiger partial charge in [-0.1, -0.05) is 277 Å². The quantitative estimate of drug-likeness (QED) is 0.128. The number of para-hydroxylation sites is 3. The molecule has 474 valence electrons. The molecule has 0 radical (unpaired) electrons. The maximum atomic E-state index is 7.58. The Hall–Kier alpha value is -9.54. The van der Waals surface area contributed by atoms with Crippen LogP contribution in [-0.4, -0.2) is 9.55 Å². The van der Waals surface area contributed by atoms with Crippen molar-refractivity contribution in [1.82, 2.24) is 9.55 Å². The topological polar surface area (TPSA) is 33.5 Å². The van der Waals surface area contributed by atoms with Crippen LogP contribution in [0.15, 0.2) is 255 Å². The molecule has 0 atom stereocenters. The molecule has 95 heavy (non-hydrogen) atoms. The van der Waals surface area contributed by atoms with Crippen LogP contribution >= 0.6 is 0 Å². The number of nitrogens with zero attached hydrogens (tertiary/aromatic N) is 4. The van der Waals surface area contributed by atoms with Crippen LogP contribution in [0.5, 0.6) is 11.5 Å². The fourth-order valence-corrected chi connectivity index (χ4v) is 14.4. The van der Waals surface area contributed by atoms with E-state index in [0.717, 1.165) is 89.3 Å². The predicted molar refractivity (Wildman–Crippen MR) is 393 cm³/mol. The molecular weight excluding hydrogens is 1340 g/mol. The van der Waals surface area contributed by atoms with Gasteiger partial charge in [-0.25, -0.2) is 4.98 Å². The Labute approximate surface area is 576 Å². The summed E-state index contributed by atoms with van der Waals surface area (Å²) in [7, 11) is 0. The molecule has 0 spiro atoms. The van der Waals surface area contributed by atoms with Crippen LogP contribution in [-0.2, 0) is 48.1 Å². The van der Waals surface area contributed by atoms with E-state index in [4.69, 9.17) is 9.72 Å². The van der Waals surface area contributed by atoms with E-state index in [2.05, 4.69) is 365 Å². The van der Waals surface area contributed by atoms with E-state index in [-0.39, 0.29) is 42.7 Å². The number of benzene rings is 11. The molecule has 5 nitrogen and oxygen atoms in total. The van der Waals surface area contributed by atoms with Crippen molar-refractivity contribution < 1.29 is 25.8 Å². The van der Waals surface area contributed by atoms with Gasteiger partial charge in [0, 0.05) is 83.4 Å². The van der Waals surface area contributed by atoms with Gasteiger partial charge in [-0.2, -0.15) is 6.07 Å². The SMILES string of the molecule is CC(C)(C)c1cc(C(C)(C)C)cc(C2(c3cc(Oc4[c-]c5c(cc4)c4cccc(-c6ccccc6)c4n5-c4cc(C(C)(C)C)ccn4)[c-]c(N4[CH-]N(c5c(-c6ccccc6)cc(C(C)(C)C)cc5-c5ccccc5)c5ccccc54)c3)c3ccccc3-c3ccccc32)c1.[Pt]. The summed E-state index contributed by atoms with van der Waals surface area (Å²) in [4.78, 5) is 9.91. The minimum Gasteiger partial charge on any atom is -0.509 e. The van der Waals surface area contributed by atoms with Crippen molar-refractivity contribution in [2.75, 3.05) is 9.80 Å². The zero-order valence-electron chi connectivity index (χ0n) is 56.3. The molecule has 3 heterocycles. The van der Waals surface area contributed by atoms with Gasteiger partial charge in [0.15, 0.2) is 0 Å². The fourth-order valence-electron chi connectivity index (χ4n) is 14.4. The molecular formula is C89H79N4OPt-3. The zero-order chi connectivity index (χ0) is 65.1. The molecule has 15 rings (SSSR count). The first-order valence-corrected chi connectivity index (χ1v) is 33.1. The Balaban J connectivity index is 0.00000778. The number of ether oxygens (including phenoxy) is 1. The second-order valence-electron chi connectivity index (χ2n) is 29.7. The van der Waals surface area contributed by atoms with E-state index < -0.39 is 5.41 Å². The molecule has 0 bridgehead atoms. The van der Waals surface area contributed by atoms with Crippen LogP contribution in [0.1, 0.15) is 128 Å². The molecule has 0 amide bonds. The maximum absolute atomic E-state index is 7.58. The average molecular weight is 1420 g/mol. The summed E-state index contributed by atoms with van der Waals surface area (Å²) in [6.07, 6.45) is 1.94. The molecule has 0 saturated carbocycles. The Bertz CT molecular complexity index is 4940. The summed E-state index contributed by atoms with van der Waals surface area (Å²) in [6, 6.07) is 99.5. The Morgan fingerprint density at radius 1 is 0.389 bits per heavy atom. The van der Waals surface area contributed by atoms with Crippen LogP contribution in [0.4, 0.5) is 22.7 Å². The predicted octanol–water partition coefficient (Wildman–Crippen LogP) is 23.5. The minimum atomic E-state index is -0.837. The Morgan fingerprint density at radius 2 is 0.874 bits per heavy atom. The summed E-state index contributed by atoms with van der Waals surface area (Å²) in [5.74, 6) is 1.93. The first-order chi connectivity index (χ1) is 45.1. The van der Waals surface area contributed by atoms with Gasteiger partial charge in [-0.05, 0) is 130 Å². The third-order valence-electron chi connectivity index (χ3n) is 19.4. The summed E-state index contributed by atoms with van der Waals surface area (Å²) >= 11 is 0. The van der Waals surface area contributed by atoms with Crippen molar-refractivity contribution in [3.05, 3.63) is 318 Å². The van der Waals surface area contributed by atoms with Crippen molar-refractivity contribution in [2.24, 2.45) is 0 Å². The largest absolute Gasteiger partial charge is 0.509 e. The Kier molecular flexibility index (Phi) is 15.7. The molecule has 0 saturated heterocycles. The van der Waals surface area contributed by atoms with Gasteiger partial charge >= 0.3 is 0 Å². The number of pyridine rings is 1. The van der Waals surface area contributed by atoms with Gasteiger partial charge in [0.25, 0.3) is 0 Å². The molecule has 6 heteroatoms. The number of fused-ring (bicyclic) bond motifs is 7. The zero-order valence-corrected chi connectivity index (χ0v) is 58.6. The molecule has 2 aliphatic rings. The van der Waals surface area contributed by atoms with E-state index in [9.17, 15) is 0 Å². The van der Waals surface area contributed by atoms with Gasteiger partial charge in [0.05, 0.1) is 0 Å². The molecule has 11 aromatic carbocycles. The summed E-state index contributed by atoms with van der Waals surface area (Å²) in [5.41, 5.74) is 23.4. The van der Waals surface area contributed by atoms with Gasteiger partial charge in [0.1, 0.15) is 5.82 Å². The number of aromatic nitrogens is 2. The second kappa shape index (κ2) is 23.7.